The van der Waals surface area contributed by atoms with Gasteiger partial charge in [0.15, 0.2) is 0 Å². The monoisotopic (exact) mass is 678 g/mol. The molecule has 4 rings (SSSR count). The van der Waals surface area contributed by atoms with Crippen molar-refractivity contribution in [1.82, 2.24) is 10.6 Å². The molecule has 0 radical (unpaired) electrons. The van der Waals surface area contributed by atoms with Crippen LogP contribution in [-0.4, -0.2) is 31.0 Å². The molecule has 2 unspecified atom stereocenters. The molecule has 0 fully saturated rings. The predicted octanol–water partition coefficient (Wildman–Crippen LogP) is 10.2. The average Bonchev–Trinajstić information content (AvgIpc) is 3.33. The van der Waals surface area contributed by atoms with Crippen LogP contribution in [0.4, 0.5) is 0 Å². The molecule has 0 saturated heterocycles. The molecule has 0 aromatic heterocycles. The molecule has 0 aliphatic heterocycles. The number of rotatable bonds is 7. The van der Waals surface area contributed by atoms with E-state index < -0.39 is 17.4 Å². The van der Waals surface area contributed by atoms with Gasteiger partial charge in [-0.3, -0.25) is 0 Å². The number of hydrogen-bond donors (Lipinski definition) is 2. The van der Waals surface area contributed by atoms with Gasteiger partial charge in [0.1, 0.15) is 0 Å². The molecule has 2 aromatic carbocycles. The molecule has 2 nitrogen and oxygen atoms in total. The molecule has 2 N–H and O–H groups in total. The second kappa shape index (κ2) is 15.3. The molecule has 0 spiro atoms. The van der Waals surface area contributed by atoms with Gasteiger partial charge in [0.25, 0.3) is 0 Å². The second-order valence-electron chi connectivity index (χ2n) is 15.3. The molecule has 2 atom stereocenters. The van der Waals surface area contributed by atoms with Crippen molar-refractivity contribution < 1.29 is 17.4 Å². The van der Waals surface area contributed by atoms with Crippen LogP contribution < -0.4 is 10.6 Å². The normalized spacial score (nSPS) is 18.7. The molecule has 238 valence electrons. The topological polar surface area (TPSA) is 24.1 Å². The molecule has 0 saturated carbocycles. The molecule has 0 bridgehead atoms. The van der Waals surface area contributed by atoms with E-state index in [1.165, 1.54) is 16.7 Å². The van der Waals surface area contributed by atoms with Gasteiger partial charge in [0.05, 0.1) is 0 Å². The van der Waals surface area contributed by atoms with Crippen LogP contribution in [0.1, 0.15) is 105 Å². The number of benzene rings is 2. The SMILES string of the molecule is CC(C)NC(C)C.CC(C)NC(C)C.CC1=Cc2c(-c3ccccc3)cccc2[CH]1[Zr]([CH3])([CH3])(=[SiH2])[C]1=C(C)C(C)=C(C)C1C. The zero-order valence-electron chi connectivity index (χ0n) is 30.4. The Morgan fingerprint density at radius 1 is 0.674 bits per heavy atom. The Morgan fingerprint density at radius 3 is 1.56 bits per heavy atom. The summed E-state index contributed by atoms with van der Waals surface area (Å²) in [6.07, 6.45) is 2.50. The Bertz CT molecular complexity index is 1370. The number of nitrogens with one attached hydrogen (secondary N) is 2. The molecule has 2 aromatic rings. The molecule has 43 heavy (non-hydrogen) atoms. The molecule has 4 heteroatoms. The van der Waals surface area contributed by atoms with E-state index in [4.69, 9.17) is 0 Å². The summed E-state index contributed by atoms with van der Waals surface area (Å²) < 4.78 is 7.83. The zero-order valence-corrected chi connectivity index (χ0v) is 34.2. The van der Waals surface area contributed by atoms with Crippen LogP contribution in [0.3, 0.4) is 0 Å². The third-order valence-corrected chi connectivity index (χ3v) is 26.6. The van der Waals surface area contributed by atoms with Crippen molar-refractivity contribution in [3.05, 3.63) is 85.2 Å². The van der Waals surface area contributed by atoms with Crippen molar-refractivity contribution in [2.45, 2.75) is 127 Å². The number of fused-ring (bicyclic) bond motifs is 1. The van der Waals surface area contributed by atoms with Gasteiger partial charge in [0.2, 0.25) is 0 Å². The molecule has 0 heterocycles. The standard InChI is InChI=1S/C16H13.C9H13.2C6H15N.2CH3.H2Si.Zr/c1-12-10-14-8-5-9-15(16(14)11-12)13-6-3-2-4-7-13;1-6-5-7(2)9(4)8(6)3;2*1-5(2)7-6(3)4;;;;/h2-11H,1H3;6H,1-4H3;2*5-7H,1-4H3;2*1H3;1H2;. The third-order valence-electron chi connectivity index (χ3n) is 9.15. The van der Waals surface area contributed by atoms with Gasteiger partial charge in [-0.15, -0.1) is 0 Å². The Labute approximate surface area is 268 Å². The minimum atomic E-state index is -3.29. The van der Waals surface area contributed by atoms with E-state index in [0.717, 1.165) is 0 Å². The van der Waals surface area contributed by atoms with Crippen molar-refractivity contribution in [3.8, 4) is 11.1 Å². The zero-order chi connectivity index (χ0) is 32.9. The van der Waals surface area contributed by atoms with E-state index in [0.29, 0.717) is 33.7 Å². The van der Waals surface area contributed by atoms with Crippen molar-refractivity contribution in [1.29, 1.82) is 0 Å². The van der Waals surface area contributed by atoms with E-state index >= 15 is 0 Å². The van der Waals surface area contributed by atoms with Crippen LogP contribution in [0.25, 0.3) is 17.2 Å². The summed E-state index contributed by atoms with van der Waals surface area (Å²) >= 11 is -3.29. The molecular weight excluding hydrogens is 616 g/mol. The quantitative estimate of drug-likeness (QED) is 0.285. The van der Waals surface area contributed by atoms with Gasteiger partial charge < -0.3 is 10.6 Å². The summed E-state index contributed by atoms with van der Waals surface area (Å²) in [6.45, 7) is 31.5. The van der Waals surface area contributed by atoms with E-state index in [1.54, 1.807) is 27.9 Å². The van der Waals surface area contributed by atoms with Crippen LogP contribution in [0.2, 0.25) is 9.26 Å². The van der Waals surface area contributed by atoms with Gasteiger partial charge in [0, 0.05) is 24.2 Å². The van der Waals surface area contributed by atoms with Gasteiger partial charge >= 0.3 is 180 Å². The molecule has 0 amide bonds. The Balaban J connectivity index is 0.000000384. The van der Waals surface area contributed by atoms with Crippen LogP contribution in [0.15, 0.2) is 74.1 Å². The fourth-order valence-corrected chi connectivity index (χ4v) is 29.6. The first kappa shape index (κ1) is 37.9. The minimum absolute atomic E-state index is 0.597. The van der Waals surface area contributed by atoms with Crippen molar-refractivity contribution >= 4 is 13.0 Å². The van der Waals surface area contributed by atoms with Crippen molar-refractivity contribution in [3.63, 3.8) is 0 Å². The van der Waals surface area contributed by atoms with E-state index in [9.17, 15) is 0 Å². The first-order chi connectivity index (χ1) is 19.8. The fourth-order valence-electron chi connectivity index (χ4n) is 7.83. The number of allylic oxidation sites excluding steroid dienone is 5. The van der Waals surface area contributed by atoms with Crippen molar-refractivity contribution in [2.24, 2.45) is 5.92 Å². The first-order valence-electron chi connectivity index (χ1n) is 16.6. The summed E-state index contributed by atoms with van der Waals surface area (Å²) in [6, 6.07) is 20.4. The Morgan fingerprint density at radius 2 is 1.16 bits per heavy atom. The van der Waals surface area contributed by atoms with Gasteiger partial charge in [-0.2, -0.15) is 0 Å². The average molecular weight is 680 g/mol. The van der Waals surface area contributed by atoms with E-state index in [-0.39, 0.29) is 0 Å². The summed E-state index contributed by atoms with van der Waals surface area (Å²) in [5.74, 6) is 0.599. The maximum atomic E-state index is 3.31. The van der Waals surface area contributed by atoms with Crippen LogP contribution >= 0.6 is 0 Å². The first-order valence-corrected chi connectivity index (χ1v) is 30.1. The number of hydrogen-bond acceptors (Lipinski definition) is 2. The van der Waals surface area contributed by atoms with Gasteiger partial charge in [-0.1, -0.05) is 55.4 Å². The van der Waals surface area contributed by atoms with Gasteiger partial charge in [-0.25, -0.2) is 0 Å². The third kappa shape index (κ3) is 9.35. The second-order valence-corrected chi connectivity index (χ2v) is 44.8. The van der Waals surface area contributed by atoms with Crippen molar-refractivity contribution in [2.75, 3.05) is 0 Å². The van der Waals surface area contributed by atoms with Crippen LogP contribution in [0, 0.1) is 5.92 Å². The summed E-state index contributed by atoms with van der Waals surface area (Å²) in [5.41, 5.74) is 12.0. The summed E-state index contributed by atoms with van der Waals surface area (Å²) in [7, 11) is 0. The molecular formula is C39H64N2SiZr. The predicted molar refractivity (Wildman–Crippen MR) is 196 cm³/mol. The van der Waals surface area contributed by atoms with Gasteiger partial charge in [-0.05, 0) is 0 Å². The fraction of sp³-hybridized carbons (Fsp3) is 0.538. The summed E-state index contributed by atoms with van der Waals surface area (Å²) in [4.78, 5) is 0. The van der Waals surface area contributed by atoms with Crippen LogP contribution in [0.5, 0.6) is 0 Å². The Kier molecular flexibility index (Phi) is 13.5. The maximum absolute atomic E-state index is 3.31. The molecule has 2 aliphatic rings. The van der Waals surface area contributed by atoms with Crippen LogP contribution in [-0.2, 0) is 17.4 Å². The Hall–Kier alpha value is -1.32. The summed E-state index contributed by atoms with van der Waals surface area (Å²) in [5, 5.41) is 6.61. The van der Waals surface area contributed by atoms with E-state index in [1.807, 2.05) is 3.28 Å². The molecule has 2 aliphatic carbocycles. The van der Waals surface area contributed by atoms with E-state index in [2.05, 4.69) is 171 Å².